The lowest BCUT2D eigenvalue weighted by atomic mass is 10.0. The summed E-state index contributed by atoms with van der Waals surface area (Å²) in [7, 11) is -0.632. The Labute approximate surface area is 169 Å². The number of hydrogen-bond donors (Lipinski definition) is 2. The summed E-state index contributed by atoms with van der Waals surface area (Å²) < 4.78 is 33.3. The molecule has 0 saturated heterocycles. The van der Waals surface area contributed by atoms with Gasteiger partial charge in [-0.2, -0.15) is 0 Å². The van der Waals surface area contributed by atoms with Crippen molar-refractivity contribution in [3.8, 4) is 22.6 Å². The third kappa shape index (κ3) is 4.74. The molecule has 0 bridgehead atoms. The summed E-state index contributed by atoms with van der Waals surface area (Å²) in [5.41, 5.74) is 2.57. The summed E-state index contributed by atoms with van der Waals surface area (Å²) in [5.74, 6) is 1.02. The van der Waals surface area contributed by atoms with E-state index in [0.29, 0.717) is 17.0 Å². The summed E-state index contributed by atoms with van der Waals surface area (Å²) in [6.07, 6.45) is 0. The van der Waals surface area contributed by atoms with Crippen LogP contribution in [0.2, 0.25) is 0 Å². The largest absolute Gasteiger partial charge is 0.497 e. The third-order valence-corrected chi connectivity index (χ3v) is 5.23. The number of carbonyl (C=O) groups is 1. The van der Waals surface area contributed by atoms with E-state index in [4.69, 9.17) is 14.6 Å². The number of amides is 1. The molecule has 3 aromatic carbocycles. The maximum absolute atomic E-state index is 12.5. The summed E-state index contributed by atoms with van der Waals surface area (Å²) in [6.45, 7) is 0. The van der Waals surface area contributed by atoms with Crippen LogP contribution >= 0.6 is 0 Å². The molecule has 0 aliphatic carbocycles. The zero-order chi connectivity index (χ0) is 21.0. The molecule has 0 fully saturated rings. The first-order valence-electron chi connectivity index (χ1n) is 8.58. The molecule has 150 valence electrons. The molecule has 8 heteroatoms. The Bertz CT molecular complexity index is 1120. The van der Waals surface area contributed by atoms with E-state index < -0.39 is 10.0 Å². The number of sulfonamides is 1. The highest BCUT2D eigenvalue weighted by Gasteiger charge is 2.12. The van der Waals surface area contributed by atoms with Gasteiger partial charge in [0, 0.05) is 16.8 Å². The van der Waals surface area contributed by atoms with Crippen LogP contribution in [0, 0.1) is 0 Å². The Balaban J connectivity index is 1.86. The maximum Gasteiger partial charge on any atom is 0.255 e. The summed E-state index contributed by atoms with van der Waals surface area (Å²) >= 11 is 0. The first-order valence-corrected chi connectivity index (χ1v) is 10.1. The Morgan fingerprint density at radius 3 is 2.10 bits per heavy atom. The van der Waals surface area contributed by atoms with Crippen molar-refractivity contribution >= 4 is 21.6 Å². The van der Waals surface area contributed by atoms with Gasteiger partial charge in [-0.25, -0.2) is 13.6 Å². The number of nitrogens with two attached hydrogens (primary N) is 1. The fourth-order valence-electron chi connectivity index (χ4n) is 2.78. The lowest BCUT2D eigenvalue weighted by Crippen LogP contribution is -2.14. The van der Waals surface area contributed by atoms with Crippen LogP contribution in [0.1, 0.15) is 10.4 Å². The molecule has 0 aliphatic heterocycles. The van der Waals surface area contributed by atoms with Crippen molar-refractivity contribution < 1.29 is 22.7 Å². The van der Waals surface area contributed by atoms with Gasteiger partial charge in [0.2, 0.25) is 10.0 Å². The fourth-order valence-corrected chi connectivity index (χ4v) is 3.30. The molecule has 0 saturated carbocycles. The number of hydrogen-bond acceptors (Lipinski definition) is 5. The molecule has 7 nitrogen and oxygen atoms in total. The number of anilines is 1. The topological polar surface area (TPSA) is 108 Å². The summed E-state index contributed by atoms with van der Waals surface area (Å²) in [5, 5.41) is 7.88. The molecule has 3 aromatic rings. The van der Waals surface area contributed by atoms with Crippen molar-refractivity contribution in [3.05, 3.63) is 72.3 Å². The normalized spacial score (nSPS) is 11.0. The molecule has 0 radical (unpaired) electrons. The molecule has 0 unspecified atom stereocenters. The van der Waals surface area contributed by atoms with E-state index in [1.54, 1.807) is 32.4 Å². The smallest absolute Gasteiger partial charge is 0.255 e. The molecule has 3 rings (SSSR count). The van der Waals surface area contributed by atoms with E-state index in [2.05, 4.69) is 5.32 Å². The van der Waals surface area contributed by atoms with Crippen LogP contribution in [0.3, 0.4) is 0 Å². The van der Waals surface area contributed by atoms with Crippen molar-refractivity contribution in [2.45, 2.75) is 4.90 Å². The maximum atomic E-state index is 12.5. The molecular weight excluding hydrogens is 392 g/mol. The number of primary sulfonamides is 1. The first-order chi connectivity index (χ1) is 13.8. The minimum atomic E-state index is -3.81. The predicted molar refractivity (Wildman–Crippen MR) is 111 cm³/mol. The number of carbonyl (C=O) groups excluding carboxylic acids is 1. The predicted octanol–water partition coefficient (Wildman–Crippen LogP) is 3.27. The molecule has 3 N–H and O–H groups in total. The van der Waals surface area contributed by atoms with E-state index in [1.165, 1.54) is 24.3 Å². The second-order valence-corrected chi connectivity index (χ2v) is 7.73. The minimum Gasteiger partial charge on any atom is -0.497 e. The van der Waals surface area contributed by atoms with Crippen LogP contribution in [0.5, 0.6) is 11.5 Å². The van der Waals surface area contributed by atoms with E-state index >= 15 is 0 Å². The minimum absolute atomic E-state index is 0.0553. The van der Waals surface area contributed by atoms with E-state index in [1.807, 2.05) is 24.3 Å². The van der Waals surface area contributed by atoms with Crippen LogP contribution < -0.4 is 19.9 Å². The van der Waals surface area contributed by atoms with Crippen LogP contribution in [0.4, 0.5) is 5.69 Å². The van der Waals surface area contributed by atoms with Gasteiger partial charge in [-0.15, -0.1) is 0 Å². The molecule has 0 aromatic heterocycles. The van der Waals surface area contributed by atoms with E-state index in [9.17, 15) is 13.2 Å². The summed E-state index contributed by atoms with van der Waals surface area (Å²) in [6, 6.07) is 18.2. The van der Waals surface area contributed by atoms with Gasteiger partial charge < -0.3 is 14.8 Å². The molecule has 29 heavy (non-hydrogen) atoms. The van der Waals surface area contributed by atoms with Crippen LogP contribution in [0.15, 0.2) is 71.6 Å². The lowest BCUT2D eigenvalue weighted by Gasteiger charge is -2.13. The van der Waals surface area contributed by atoms with Crippen LogP contribution in [-0.2, 0) is 10.0 Å². The Kier molecular flexibility index (Phi) is 5.86. The third-order valence-electron chi connectivity index (χ3n) is 4.30. The van der Waals surface area contributed by atoms with Crippen molar-refractivity contribution in [1.82, 2.24) is 0 Å². The van der Waals surface area contributed by atoms with Gasteiger partial charge in [0.1, 0.15) is 11.5 Å². The van der Waals surface area contributed by atoms with Crippen LogP contribution in [-0.4, -0.2) is 28.5 Å². The average molecular weight is 412 g/mol. The van der Waals surface area contributed by atoms with Gasteiger partial charge in [0.15, 0.2) is 0 Å². The van der Waals surface area contributed by atoms with Crippen molar-refractivity contribution in [1.29, 1.82) is 0 Å². The Morgan fingerprint density at radius 1 is 0.897 bits per heavy atom. The van der Waals surface area contributed by atoms with Gasteiger partial charge in [-0.05, 0) is 60.2 Å². The number of rotatable bonds is 6. The summed E-state index contributed by atoms with van der Waals surface area (Å²) in [4.78, 5) is 12.5. The van der Waals surface area contributed by atoms with Gasteiger partial charge in [-0.3, -0.25) is 4.79 Å². The Morgan fingerprint density at radius 2 is 1.55 bits per heavy atom. The number of ether oxygens (including phenoxy) is 2. The van der Waals surface area contributed by atoms with Crippen molar-refractivity contribution in [2.75, 3.05) is 19.5 Å². The highest BCUT2D eigenvalue weighted by Crippen LogP contribution is 2.33. The number of nitrogens with one attached hydrogen (secondary N) is 1. The average Bonchev–Trinajstić information content (AvgIpc) is 2.73. The van der Waals surface area contributed by atoms with E-state index in [-0.39, 0.29) is 10.8 Å². The fraction of sp³-hybridized carbons (Fsp3) is 0.0952. The molecular formula is C21H20N2O5S. The monoisotopic (exact) mass is 412 g/mol. The van der Waals surface area contributed by atoms with Gasteiger partial charge in [0.25, 0.3) is 5.91 Å². The number of methoxy groups -OCH3 is 2. The van der Waals surface area contributed by atoms with E-state index in [0.717, 1.165) is 16.9 Å². The highest BCUT2D eigenvalue weighted by atomic mass is 32.2. The quantitative estimate of drug-likeness (QED) is 0.646. The van der Waals surface area contributed by atoms with Crippen LogP contribution in [0.25, 0.3) is 11.1 Å². The van der Waals surface area contributed by atoms with Gasteiger partial charge in [0.05, 0.1) is 19.1 Å². The zero-order valence-electron chi connectivity index (χ0n) is 15.9. The molecule has 0 heterocycles. The lowest BCUT2D eigenvalue weighted by molar-refractivity contribution is 0.102. The van der Waals surface area contributed by atoms with Gasteiger partial charge >= 0.3 is 0 Å². The molecule has 1 amide bonds. The molecule has 0 spiro atoms. The standard InChI is InChI=1S/C21H20N2O5S/c1-27-17-8-3-14(4-9-17)19-13-16(7-12-20(19)28-2)23-21(24)15-5-10-18(11-6-15)29(22,25)26/h3-13H,1-2H3,(H,23,24)(H2,22,25,26). The van der Waals surface area contributed by atoms with Crippen molar-refractivity contribution in [2.24, 2.45) is 5.14 Å². The Hall–Kier alpha value is -3.36. The molecule has 0 aliphatic rings. The second kappa shape index (κ2) is 8.34. The first kappa shape index (κ1) is 20.4. The second-order valence-electron chi connectivity index (χ2n) is 6.17. The SMILES string of the molecule is COc1ccc(-c2cc(NC(=O)c3ccc(S(N)(=O)=O)cc3)ccc2OC)cc1. The number of benzene rings is 3. The molecule has 0 atom stereocenters. The zero-order valence-corrected chi connectivity index (χ0v) is 16.7. The van der Waals surface area contributed by atoms with Gasteiger partial charge in [-0.1, -0.05) is 12.1 Å². The van der Waals surface area contributed by atoms with Crippen molar-refractivity contribution in [3.63, 3.8) is 0 Å². The highest BCUT2D eigenvalue weighted by molar-refractivity contribution is 7.89.